The van der Waals surface area contributed by atoms with Gasteiger partial charge in [0.1, 0.15) is 11.6 Å². The summed E-state index contributed by atoms with van der Waals surface area (Å²) in [4.78, 5) is -0.464. The van der Waals surface area contributed by atoms with Crippen LogP contribution in [0.5, 0.6) is 5.75 Å². The van der Waals surface area contributed by atoms with Gasteiger partial charge in [-0.2, -0.15) is 0 Å². The van der Waals surface area contributed by atoms with E-state index in [4.69, 9.17) is 16.3 Å². The minimum absolute atomic E-state index is 0.0749. The van der Waals surface area contributed by atoms with Crippen molar-refractivity contribution in [3.8, 4) is 16.9 Å². The second-order valence-corrected chi connectivity index (χ2v) is 8.65. The Hall–Kier alpha value is -2.55. The molecule has 0 bridgehead atoms. The highest BCUT2D eigenvalue weighted by atomic mass is 35.5. The molecule has 0 saturated carbocycles. The second kappa shape index (κ2) is 8.67. The first-order valence-corrected chi connectivity index (χ1v) is 10.6. The van der Waals surface area contributed by atoms with Crippen LogP contribution in [0.15, 0.2) is 59.5 Å². The lowest BCUT2D eigenvalue weighted by Crippen LogP contribution is -2.27. The van der Waals surface area contributed by atoms with Gasteiger partial charge in [0.25, 0.3) is 0 Å². The third-order valence-corrected chi connectivity index (χ3v) is 6.25. The molecule has 3 rings (SSSR count). The third-order valence-electron chi connectivity index (χ3n) is 4.47. The van der Waals surface area contributed by atoms with E-state index in [1.807, 2.05) is 0 Å². The van der Waals surface area contributed by atoms with Crippen LogP contribution in [-0.4, -0.2) is 15.5 Å². The maximum absolute atomic E-state index is 14.8. The molecule has 9 heteroatoms. The first kappa shape index (κ1) is 22.1. The SMILES string of the molecule is COc1ccc(Cl)cc1-c1ccc(C(C)NS(=O)(=O)c2ccc(F)c(F)c2)c(F)c1. The van der Waals surface area contributed by atoms with Gasteiger partial charge in [-0.1, -0.05) is 23.7 Å². The molecule has 0 amide bonds. The number of sulfonamides is 1. The Labute approximate surface area is 177 Å². The average Bonchev–Trinajstić information content (AvgIpc) is 2.69. The molecule has 0 aromatic heterocycles. The van der Waals surface area contributed by atoms with Crippen molar-refractivity contribution in [1.29, 1.82) is 0 Å². The lowest BCUT2D eigenvalue weighted by molar-refractivity contribution is 0.416. The molecule has 3 aromatic carbocycles. The molecule has 1 atom stereocenters. The van der Waals surface area contributed by atoms with Crippen LogP contribution in [0.3, 0.4) is 0 Å². The number of ether oxygens (including phenoxy) is 1. The molecule has 3 aromatic rings. The Bertz CT molecular complexity index is 1200. The van der Waals surface area contributed by atoms with Crippen molar-refractivity contribution in [2.45, 2.75) is 17.9 Å². The van der Waals surface area contributed by atoms with Crippen LogP contribution in [0.4, 0.5) is 13.2 Å². The zero-order valence-electron chi connectivity index (χ0n) is 15.9. The summed E-state index contributed by atoms with van der Waals surface area (Å²) < 4.78 is 73.7. The molecule has 0 fully saturated rings. The zero-order valence-corrected chi connectivity index (χ0v) is 17.5. The van der Waals surface area contributed by atoms with E-state index in [9.17, 15) is 21.6 Å². The quantitative estimate of drug-likeness (QED) is 0.536. The number of halogens is 4. The monoisotopic (exact) mass is 455 g/mol. The van der Waals surface area contributed by atoms with E-state index >= 15 is 0 Å². The molecular formula is C21H17ClF3NO3S. The molecule has 1 unspecified atom stereocenters. The molecule has 158 valence electrons. The normalized spacial score (nSPS) is 12.6. The summed E-state index contributed by atoms with van der Waals surface area (Å²) in [6.07, 6.45) is 0. The highest BCUT2D eigenvalue weighted by molar-refractivity contribution is 7.89. The smallest absolute Gasteiger partial charge is 0.241 e. The third kappa shape index (κ3) is 4.61. The van der Waals surface area contributed by atoms with Crippen LogP contribution in [0.25, 0.3) is 11.1 Å². The van der Waals surface area contributed by atoms with E-state index in [2.05, 4.69) is 4.72 Å². The maximum atomic E-state index is 14.8. The molecule has 1 N–H and O–H groups in total. The summed E-state index contributed by atoms with van der Waals surface area (Å²) in [6.45, 7) is 1.44. The topological polar surface area (TPSA) is 55.4 Å². The van der Waals surface area contributed by atoms with Crippen molar-refractivity contribution in [2.24, 2.45) is 0 Å². The fourth-order valence-corrected chi connectivity index (χ4v) is 4.37. The molecular weight excluding hydrogens is 439 g/mol. The van der Waals surface area contributed by atoms with Gasteiger partial charge in [-0.05, 0) is 55.0 Å². The van der Waals surface area contributed by atoms with Crippen LogP contribution in [-0.2, 0) is 10.0 Å². The van der Waals surface area contributed by atoms with Crippen molar-refractivity contribution in [3.63, 3.8) is 0 Å². The second-order valence-electron chi connectivity index (χ2n) is 6.50. The number of hydrogen-bond acceptors (Lipinski definition) is 3. The maximum Gasteiger partial charge on any atom is 0.241 e. The number of methoxy groups -OCH3 is 1. The molecule has 30 heavy (non-hydrogen) atoms. The highest BCUT2D eigenvalue weighted by Gasteiger charge is 2.22. The number of hydrogen-bond donors (Lipinski definition) is 1. The van der Waals surface area contributed by atoms with Gasteiger partial charge in [-0.3, -0.25) is 0 Å². The molecule has 0 spiro atoms. The molecule has 0 heterocycles. The summed E-state index contributed by atoms with van der Waals surface area (Å²) in [5, 5.41) is 0.447. The number of benzene rings is 3. The van der Waals surface area contributed by atoms with Crippen molar-refractivity contribution in [2.75, 3.05) is 7.11 Å². The van der Waals surface area contributed by atoms with Crippen molar-refractivity contribution in [1.82, 2.24) is 4.72 Å². The molecule has 0 aliphatic heterocycles. The van der Waals surface area contributed by atoms with Crippen LogP contribution in [0, 0.1) is 17.5 Å². The minimum Gasteiger partial charge on any atom is -0.496 e. The molecule has 0 saturated heterocycles. The number of rotatable bonds is 6. The molecule has 0 aliphatic rings. The van der Waals surface area contributed by atoms with E-state index < -0.39 is 38.4 Å². The molecule has 0 radical (unpaired) electrons. The Balaban J connectivity index is 1.89. The van der Waals surface area contributed by atoms with Gasteiger partial charge in [0.2, 0.25) is 10.0 Å². The van der Waals surface area contributed by atoms with Gasteiger partial charge in [0, 0.05) is 22.2 Å². The van der Waals surface area contributed by atoms with Gasteiger partial charge in [-0.15, -0.1) is 0 Å². The van der Waals surface area contributed by atoms with Gasteiger partial charge in [-0.25, -0.2) is 26.3 Å². The Morgan fingerprint density at radius 3 is 2.30 bits per heavy atom. The predicted molar refractivity (Wildman–Crippen MR) is 108 cm³/mol. The summed E-state index contributed by atoms with van der Waals surface area (Å²) in [7, 11) is -2.72. The summed E-state index contributed by atoms with van der Waals surface area (Å²) in [6, 6.07) is 10.4. The number of nitrogens with one attached hydrogen (secondary N) is 1. The van der Waals surface area contributed by atoms with E-state index in [0.717, 1.165) is 6.07 Å². The molecule has 0 aliphatic carbocycles. The van der Waals surface area contributed by atoms with E-state index in [1.165, 1.54) is 26.2 Å². The lowest BCUT2D eigenvalue weighted by Gasteiger charge is -2.17. The first-order valence-electron chi connectivity index (χ1n) is 8.73. The summed E-state index contributed by atoms with van der Waals surface area (Å²) in [5.41, 5.74) is 1.14. The minimum atomic E-state index is -4.20. The zero-order chi connectivity index (χ0) is 22.1. The van der Waals surface area contributed by atoms with E-state index in [1.54, 1.807) is 24.3 Å². The summed E-state index contributed by atoms with van der Waals surface area (Å²) >= 11 is 6.02. The van der Waals surface area contributed by atoms with Gasteiger partial charge < -0.3 is 4.74 Å². The van der Waals surface area contributed by atoms with Crippen LogP contribution in [0.1, 0.15) is 18.5 Å². The van der Waals surface area contributed by atoms with Crippen LogP contribution < -0.4 is 9.46 Å². The fraction of sp³-hybridized carbons (Fsp3) is 0.143. The lowest BCUT2D eigenvalue weighted by atomic mass is 10.0. The summed E-state index contributed by atoms with van der Waals surface area (Å²) in [5.74, 6) is -2.62. The molecule has 4 nitrogen and oxygen atoms in total. The first-order chi connectivity index (χ1) is 14.1. The van der Waals surface area contributed by atoms with Crippen LogP contribution in [0.2, 0.25) is 5.02 Å². The van der Waals surface area contributed by atoms with Gasteiger partial charge in [0.05, 0.1) is 12.0 Å². The Morgan fingerprint density at radius 2 is 1.67 bits per heavy atom. The Kier molecular flexibility index (Phi) is 6.40. The van der Waals surface area contributed by atoms with E-state index in [0.29, 0.717) is 34.0 Å². The van der Waals surface area contributed by atoms with Gasteiger partial charge in [0.15, 0.2) is 11.6 Å². The van der Waals surface area contributed by atoms with Crippen LogP contribution >= 0.6 is 11.6 Å². The van der Waals surface area contributed by atoms with Crippen molar-refractivity contribution < 1.29 is 26.3 Å². The highest BCUT2D eigenvalue weighted by Crippen LogP contribution is 2.34. The average molecular weight is 456 g/mol. The standard InChI is InChI=1S/C21H17ClF3NO3S/c1-12(26-30(27,28)15-5-7-18(23)20(25)11-15)16-6-3-13(9-19(16)24)17-10-14(22)4-8-21(17)29-2/h3-12,26H,1-2H3. The van der Waals surface area contributed by atoms with E-state index in [-0.39, 0.29) is 5.56 Å². The van der Waals surface area contributed by atoms with Crippen molar-refractivity contribution >= 4 is 21.6 Å². The largest absolute Gasteiger partial charge is 0.496 e. The fourth-order valence-electron chi connectivity index (χ4n) is 2.96. The Morgan fingerprint density at radius 1 is 0.933 bits per heavy atom. The van der Waals surface area contributed by atoms with Gasteiger partial charge >= 0.3 is 0 Å². The van der Waals surface area contributed by atoms with Crippen molar-refractivity contribution in [3.05, 3.63) is 82.6 Å². The predicted octanol–water partition coefficient (Wildman–Crippen LogP) is 5.47.